The monoisotopic (exact) mass is 637 g/mol. The molecule has 0 bridgehead atoms. The molecular weight excluding hydrogens is 609 g/mol. The summed E-state index contributed by atoms with van der Waals surface area (Å²) >= 11 is 0. The van der Waals surface area contributed by atoms with Gasteiger partial charge in [-0.05, 0) is 31.0 Å². The number of carbonyl (C=O) groups excluding carboxylic acids is 5. The second-order valence-electron chi connectivity index (χ2n) is 8.15. The molecule has 0 aliphatic rings. The quantitative estimate of drug-likeness (QED) is 0.121. The molecule has 1 aromatic rings. The van der Waals surface area contributed by atoms with Gasteiger partial charge in [0, 0.05) is 58.4 Å². The summed E-state index contributed by atoms with van der Waals surface area (Å²) in [5.74, 6) is -7.21. The van der Waals surface area contributed by atoms with Crippen LogP contribution in [0.4, 0.5) is 0 Å². The van der Waals surface area contributed by atoms with Gasteiger partial charge < -0.3 is 54.2 Å². The van der Waals surface area contributed by atoms with E-state index in [1.807, 2.05) is 0 Å². The van der Waals surface area contributed by atoms with E-state index < -0.39 is 68.6 Å². The first kappa shape index (κ1) is 52.8. The van der Waals surface area contributed by atoms with E-state index in [9.17, 15) is 49.5 Å². The van der Waals surface area contributed by atoms with Crippen LogP contribution in [0.15, 0.2) is 24.3 Å². The van der Waals surface area contributed by atoms with E-state index >= 15 is 0 Å². The fourth-order valence-electron chi connectivity index (χ4n) is 3.69. The van der Waals surface area contributed by atoms with E-state index in [4.69, 9.17) is 4.74 Å². The molecule has 42 heavy (non-hydrogen) atoms. The van der Waals surface area contributed by atoms with Gasteiger partial charge in [0.2, 0.25) is 0 Å². The number of carboxylic acid groups (broad SMARTS) is 5. The first-order chi connectivity index (χ1) is 17.4. The van der Waals surface area contributed by atoms with Crippen LogP contribution in [-0.2, 0) is 30.4 Å². The largest absolute Gasteiger partial charge is 1.00 e. The molecular formula is C23H28N3Na5O11. The standard InChI is InChI=1S/C23H33N3O11.5Na/c1-2-37-18-5-3-16(4-6-18)9-17(26(14-22(33)34)15-23(35)36)10-24(11-19(27)28)7-8-25(12-20(29)30)13-21(31)32;;;;;/h3-6,17H,2,7-15H2,1H3,(H,27,28)(H,29,30)(H,31,32)(H,33,34)(H,35,36);;;;;/q;5*+1/p-5/t17-;;;;;/m0...../s1. The van der Waals surface area contributed by atoms with Crippen molar-refractivity contribution < 1.29 is 202 Å². The molecule has 206 valence electrons. The molecule has 0 unspecified atom stereocenters. The molecule has 0 aromatic heterocycles. The van der Waals surface area contributed by atoms with Crippen LogP contribution in [0.1, 0.15) is 12.5 Å². The maximum absolute atomic E-state index is 11.4. The molecule has 0 heterocycles. The molecule has 19 heteroatoms. The SMILES string of the molecule is CCOc1ccc(C[C@@H](CN(CCN(CC(=O)[O-])CC(=O)[O-])CC(=O)[O-])N(CC(=O)[O-])CC(=O)[O-])cc1.[Na+].[Na+].[Na+].[Na+].[Na+]. The van der Waals surface area contributed by atoms with Crippen molar-refractivity contribution in [3.8, 4) is 5.75 Å². The first-order valence-electron chi connectivity index (χ1n) is 11.3. The van der Waals surface area contributed by atoms with E-state index in [0.29, 0.717) is 17.9 Å². The Morgan fingerprint density at radius 1 is 0.643 bits per heavy atom. The van der Waals surface area contributed by atoms with Crippen LogP contribution in [-0.4, -0.2) is 110 Å². The zero-order valence-corrected chi connectivity index (χ0v) is 35.3. The number of nitrogens with zero attached hydrogens (tertiary/aromatic N) is 3. The normalized spacial score (nSPS) is 10.6. The molecule has 0 aliphatic heterocycles. The van der Waals surface area contributed by atoms with Gasteiger partial charge in [-0.3, -0.25) is 14.7 Å². The molecule has 0 aliphatic carbocycles. The van der Waals surface area contributed by atoms with E-state index in [-0.39, 0.29) is 174 Å². The molecule has 0 spiro atoms. The second kappa shape index (κ2) is 29.6. The molecule has 0 N–H and O–H groups in total. The smallest absolute Gasteiger partial charge is 0.549 e. The van der Waals surface area contributed by atoms with Crippen LogP contribution in [0.3, 0.4) is 0 Å². The van der Waals surface area contributed by atoms with Gasteiger partial charge in [-0.25, -0.2) is 0 Å². The van der Waals surface area contributed by atoms with E-state index in [2.05, 4.69) is 0 Å². The molecule has 1 aromatic carbocycles. The molecule has 0 saturated carbocycles. The molecule has 1 rings (SSSR count). The summed E-state index contributed by atoms with van der Waals surface area (Å²) in [7, 11) is 0. The summed E-state index contributed by atoms with van der Waals surface area (Å²) in [5.41, 5.74) is 0.652. The Morgan fingerprint density at radius 3 is 1.40 bits per heavy atom. The van der Waals surface area contributed by atoms with Crippen LogP contribution in [0.2, 0.25) is 0 Å². The van der Waals surface area contributed by atoms with Gasteiger partial charge in [0.15, 0.2) is 0 Å². The Labute approximate surface area is 355 Å². The van der Waals surface area contributed by atoms with Crippen LogP contribution in [0.5, 0.6) is 5.75 Å². The number of hydrogen-bond acceptors (Lipinski definition) is 14. The number of rotatable bonds is 20. The Hall–Kier alpha value is 1.25. The third kappa shape index (κ3) is 25.4. The van der Waals surface area contributed by atoms with Gasteiger partial charge in [-0.2, -0.15) is 0 Å². The summed E-state index contributed by atoms with van der Waals surface area (Å²) in [5, 5.41) is 55.9. The number of carboxylic acids is 5. The van der Waals surface area contributed by atoms with Crippen LogP contribution in [0, 0.1) is 0 Å². The number of aliphatic carboxylic acids is 5. The van der Waals surface area contributed by atoms with Crippen LogP contribution >= 0.6 is 0 Å². The topological polar surface area (TPSA) is 220 Å². The van der Waals surface area contributed by atoms with Crippen molar-refractivity contribution in [2.45, 2.75) is 19.4 Å². The molecule has 0 radical (unpaired) electrons. The van der Waals surface area contributed by atoms with E-state index in [0.717, 1.165) is 9.80 Å². The second-order valence-corrected chi connectivity index (χ2v) is 8.15. The van der Waals surface area contributed by atoms with Gasteiger partial charge in [-0.15, -0.1) is 0 Å². The summed E-state index contributed by atoms with van der Waals surface area (Å²) in [4.78, 5) is 59.1. The molecule has 0 saturated heterocycles. The average Bonchev–Trinajstić information content (AvgIpc) is 2.76. The predicted octanol–water partition coefficient (Wildman–Crippen LogP) is -22.3. The summed E-state index contributed by atoms with van der Waals surface area (Å²) < 4.78 is 5.38. The molecule has 1 atom stereocenters. The molecule has 0 amide bonds. The minimum atomic E-state index is -1.57. The van der Waals surface area contributed by atoms with Crippen molar-refractivity contribution in [2.24, 2.45) is 0 Å². The number of ether oxygens (including phenoxy) is 1. The maximum atomic E-state index is 11.4. The van der Waals surface area contributed by atoms with Gasteiger partial charge in [-0.1, -0.05) is 12.1 Å². The van der Waals surface area contributed by atoms with Gasteiger partial charge in [0.1, 0.15) is 5.75 Å². The van der Waals surface area contributed by atoms with Crippen molar-refractivity contribution in [3.05, 3.63) is 29.8 Å². The zero-order valence-electron chi connectivity index (χ0n) is 25.3. The maximum Gasteiger partial charge on any atom is 1.00 e. The number of hydrogen-bond donors (Lipinski definition) is 0. The minimum Gasteiger partial charge on any atom is -0.549 e. The van der Waals surface area contributed by atoms with E-state index in [1.54, 1.807) is 31.2 Å². The van der Waals surface area contributed by atoms with Gasteiger partial charge in [0.05, 0.1) is 36.5 Å². The predicted molar refractivity (Wildman–Crippen MR) is 115 cm³/mol. The van der Waals surface area contributed by atoms with Crippen molar-refractivity contribution in [1.82, 2.24) is 14.7 Å². The van der Waals surface area contributed by atoms with Crippen molar-refractivity contribution in [1.29, 1.82) is 0 Å². The van der Waals surface area contributed by atoms with Gasteiger partial charge in [0.25, 0.3) is 0 Å². The van der Waals surface area contributed by atoms with Crippen molar-refractivity contribution in [3.63, 3.8) is 0 Å². The fourth-order valence-corrected chi connectivity index (χ4v) is 3.69. The Kier molecular flexibility index (Phi) is 37.2. The Bertz CT molecular complexity index is 913. The third-order valence-electron chi connectivity index (χ3n) is 5.15. The fraction of sp³-hybridized carbons (Fsp3) is 0.522. The van der Waals surface area contributed by atoms with Crippen LogP contribution in [0.25, 0.3) is 0 Å². The minimum absolute atomic E-state index is 0. The summed E-state index contributed by atoms with van der Waals surface area (Å²) in [6, 6.07) is 5.80. The van der Waals surface area contributed by atoms with Gasteiger partial charge >= 0.3 is 148 Å². The molecule has 0 fully saturated rings. The van der Waals surface area contributed by atoms with Crippen molar-refractivity contribution >= 4 is 29.8 Å². The number of carbonyl (C=O) groups is 5. The zero-order chi connectivity index (χ0) is 28.0. The summed E-state index contributed by atoms with van der Waals surface area (Å²) in [6.45, 7) is -2.18. The van der Waals surface area contributed by atoms with Crippen molar-refractivity contribution in [2.75, 3.05) is 59.0 Å². The Morgan fingerprint density at radius 2 is 1.02 bits per heavy atom. The number of benzene rings is 1. The van der Waals surface area contributed by atoms with Crippen LogP contribution < -0.4 is 178 Å². The molecule has 14 nitrogen and oxygen atoms in total. The summed E-state index contributed by atoms with van der Waals surface area (Å²) in [6.07, 6.45) is 0.0817. The average molecular weight is 637 g/mol. The Balaban J connectivity index is -0.000000913. The van der Waals surface area contributed by atoms with E-state index in [1.165, 1.54) is 4.90 Å². The first-order valence-corrected chi connectivity index (χ1v) is 11.3. The third-order valence-corrected chi connectivity index (χ3v) is 5.15.